The maximum Gasteiger partial charge on any atom is 0.239 e. The number of piperidine rings is 1. The van der Waals surface area contributed by atoms with Gasteiger partial charge in [-0.3, -0.25) is 0 Å². The van der Waals surface area contributed by atoms with Crippen LogP contribution in [0.25, 0.3) is 0 Å². The minimum atomic E-state index is 0.240. The van der Waals surface area contributed by atoms with E-state index < -0.39 is 0 Å². The molecule has 0 saturated carbocycles. The number of nitrogens with zero attached hydrogens (tertiary/aromatic N) is 2. The fourth-order valence-corrected chi connectivity index (χ4v) is 2.29. The van der Waals surface area contributed by atoms with E-state index in [-0.39, 0.29) is 6.61 Å². The van der Waals surface area contributed by atoms with E-state index in [1.807, 2.05) is 19.1 Å². The first-order valence-corrected chi connectivity index (χ1v) is 6.49. The molecule has 18 heavy (non-hydrogen) atoms. The van der Waals surface area contributed by atoms with Gasteiger partial charge in [0.2, 0.25) is 5.88 Å². The van der Waals surface area contributed by atoms with Crippen LogP contribution in [0, 0.1) is 5.92 Å². The quantitative estimate of drug-likeness (QED) is 0.843. The Balaban J connectivity index is 2.14. The molecule has 5 nitrogen and oxygen atoms in total. The molecule has 3 N–H and O–H groups in total. The highest BCUT2D eigenvalue weighted by molar-refractivity contribution is 5.54. The van der Waals surface area contributed by atoms with E-state index in [4.69, 9.17) is 10.5 Å². The molecule has 2 heterocycles. The Labute approximate surface area is 108 Å². The molecule has 0 amide bonds. The van der Waals surface area contributed by atoms with Crippen LogP contribution < -0.4 is 15.4 Å². The molecular weight excluding hydrogens is 230 g/mol. The van der Waals surface area contributed by atoms with Crippen LogP contribution in [0.5, 0.6) is 5.88 Å². The summed E-state index contributed by atoms with van der Waals surface area (Å²) in [6.45, 7) is 4.53. The van der Waals surface area contributed by atoms with Crippen molar-refractivity contribution in [1.29, 1.82) is 0 Å². The second-order valence-electron chi connectivity index (χ2n) is 4.63. The number of nitrogen functional groups attached to an aromatic ring is 1. The van der Waals surface area contributed by atoms with Gasteiger partial charge in [0.25, 0.3) is 0 Å². The van der Waals surface area contributed by atoms with Crippen molar-refractivity contribution >= 4 is 11.5 Å². The van der Waals surface area contributed by atoms with Gasteiger partial charge in [-0.15, -0.1) is 0 Å². The molecule has 0 spiro atoms. The Bertz CT molecular complexity index is 398. The molecule has 1 unspecified atom stereocenters. The highest BCUT2D eigenvalue weighted by atomic mass is 16.5. The van der Waals surface area contributed by atoms with Crippen molar-refractivity contribution in [2.75, 3.05) is 36.9 Å². The largest absolute Gasteiger partial charge is 0.476 e. The first-order chi connectivity index (χ1) is 8.74. The van der Waals surface area contributed by atoms with Gasteiger partial charge in [0.1, 0.15) is 5.82 Å². The maximum atomic E-state index is 9.25. The summed E-state index contributed by atoms with van der Waals surface area (Å²) in [5.74, 6) is 1.72. The lowest BCUT2D eigenvalue weighted by Crippen LogP contribution is -2.37. The molecule has 5 heteroatoms. The standard InChI is InChI=1S/C13H21N3O2/c1-2-18-13-11(14)5-6-12(15-13)16-7-3-4-10(8-16)9-17/h5-6,10,17H,2-4,7-9,14H2,1H3. The Kier molecular flexibility index (Phi) is 4.25. The SMILES string of the molecule is CCOc1nc(N2CCCC(CO)C2)ccc1N. The van der Waals surface area contributed by atoms with E-state index >= 15 is 0 Å². The molecule has 0 radical (unpaired) electrons. The molecular formula is C13H21N3O2. The number of rotatable bonds is 4. The van der Waals surface area contributed by atoms with E-state index in [2.05, 4.69) is 9.88 Å². The van der Waals surface area contributed by atoms with Gasteiger partial charge >= 0.3 is 0 Å². The van der Waals surface area contributed by atoms with Crippen LogP contribution in [0.3, 0.4) is 0 Å². The molecule has 0 aliphatic carbocycles. The minimum Gasteiger partial charge on any atom is -0.476 e. The molecule has 2 rings (SSSR count). The number of ether oxygens (including phenoxy) is 1. The molecule has 0 aromatic carbocycles. The zero-order chi connectivity index (χ0) is 13.0. The predicted octanol–water partition coefficient (Wildman–Crippen LogP) is 1.27. The molecule has 1 aromatic heterocycles. The Morgan fingerprint density at radius 2 is 2.39 bits per heavy atom. The number of aliphatic hydroxyl groups excluding tert-OH is 1. The number of hydrogen-bond donors (Lipinski definition) is 2. The van der Waals surface area contributed by atoms with Gasteiger partial charge in [-0.05, 0) is 37.8 Å². The third-order valence-corrected chi connectivity index (χ3v) is 3.26. The van der Waals surface area contributed by atoms with Crippen molar-refractivity contribution in [3.05, 3.63) is 12.1 Å². The topological polar surface area (TPSA) is 71.6 Å². The number of anilines is 2. The van der Waals surface area contributed by atoms with Gasteiger partial charge in [0, 0.05) is 19.7 Å². The Morgan fingerprint density at radius 1 is 1.56 bits per heavy atom. The molecule has 0 bridgehead atoms. The van der Waals surface area contributed by atoms with Crippen molar-refractivity contribution in [3.8, 4) is 5.88 Å². The zero-order valence-corrected chi connectivity index (χ0v) is 10.8. The third kappa shape index (κ3) is 2.85. The van der Waals surface area contributed by atoms with E-state index in [0.717, 1.165) is 31.7 Å². The molecule has 1 aromatic rings. The van der Waals surface area contributed by atoms with Crippen LogP contribution in [-0.2, 0) is 0 Å². The summed E-state index contributed by atoms with van der Waals surface area (Å²) >= 11 is 0. The van der Waals surface area contributed by atoms with Crippen LogP contribution in [-0.4, -0.2) is 36.4 Å². The monoisotopic (exact) mass is 251 g/mol. The molecule has 1 atom stereocenters. The normalized spacial score (nSPS) is 19.9. The zero-order valence-electron chi connectivity index (χ0n) is 10.8. The fraction of sp³-hybridized carbons (Fsp3) is 0.615. The van der Waals surface area contributed by atoms with Gasteiger partial charge in [-0.1, -0.05) is 0 Å². The smallest absolute Gasteiger partial charge is 0.239 e. The number of aromatic nitrogens is 1. The van der Waals surface area contributed by atoms with Crippen LogP contribution in [0.1, 0.15) is 19.8 Å². The average Bonchev–Trinajstić information content (AvgIpc) is 2.41. The van der Waals surface area contributed by atoms with Gasteiger partial charge < -0.3 is 20.5 Å². The Morgan fingerprint density at radius 3 is 3.11 bits per heavy atom. The van der Waals surface area contributed by atoms with Crippen LogP contribution in [0.15, 0.2) is 12.1 Å². The van der Waals surface area contributed by atoms with Gasteiger partial charge in [0.15, 0.2) is 0 Å². The second-order valence-corrected chi connectivity index (χ2v) is 4.63. The summed E-state index contributed by atoms with van der Waals surface area (Å²) in [5.41, 5.74) is 6.38. The predicted molar refractivity (Wildman–Crippen MR) is 71.8 cm³/mol. The molecule has 1 aliphatic heterocycles. The first kappa shape index (κ1) is 13.0. The molecule has 1 aliphatic rings. The van der Waals surface area contributed by atoms with E-state index in [1.165, 1.54) is 0 Å². The number of nitrogens with two attached hydrogens (primary N) is 1. The molecule has 100 valence electrons. The van der Waals surface area contributed by atoms with Crippen molar-refractivity contribution in [3.63, 3.8) is 0 Å². The fourth-order valence-electron chi connectivity index (χ4n) is 2.29. The average molecular weight is 251 g/mol. The highest BCUT2D eigenvalue weighted by Crippen LogP contribution is 2.26. The lowest BCUT2D eigenvalue weighted by Gasteiger charge is -2.32. The van der Waals surface area contributed by atoms with E-state index in [9.17, 15) is 5.11 Å². The molecule has 1 fully saturated rings. The number of aliphatic hydroxyl groups is 1. The summed E-state index contributed by atoms with van der Waals surface area (Å²) in [4.78, 5) is 6.64. The van der Waals surface area contributed by atoms with Crippen molar-refractivity contribution in [2.45, 2.75) is 19.8 Å². The van der Waals surface area contributed by atoms with Crippen molar-refractivity contribution < 1.29 is 9.84 Å². The summed E-state index contributed by atoms with van der Waals surface area (Å²) in [6, 6.07) is 3.74. The van der Waals surface area contributed by atoms with Crippen LogP contribution >= 0.6 is 0 Å². The van der Waals surface area contributed by atoms with Gasteiger partial charge in [-0.25, -0.2) is 0 Å². The van der Waals surface area contributed by atoms with Crippen LogP contribution in [0.4, 0.5) is 11.5 Å². The lowest BCUT2D eigenvalue weighted by atomic mass is 9.99. The number of hydrogen-bond acceptors (Lipinski definition) is 5. The summed E-state index contributed by atoms with van der Waals surface area (Å²) in [5, 5.41) is 9.25. The van der Waals surface area contributed by atoms with E-state index in [1.54, 1.807) is 0 Å². The molecule has 1 saturated heterocycles. The van der Waals surface area contributed by atoms with Crippen molar-refractivity contribution in [2.24, 2.45) is 5.92 Å². The summed E-state index contributed by atoms with van der Waals surface area (Å²) < 4.78 is 5.41. The minimum absolute atomic E-state index is 0.240. The van der Waals surface area contributed by atoms with Gasteiger partial charge in [-0.2, -0.15) is 4.98 Å². The lowest BCUT2D eigenvalue weighted by molar-refractivity contribution is 0.208. The van der Waals surface area contributed by atoms with Crippen LogP contribution in [0.2, 0.25) is 0 Å². The van der Waals surface area contributed by atoms with Gasteiger partial charge in [0.05, 0.1) is 12.3 Å². The summed E-state index contributed by atoms with van der Waals surface area (Å²) in [6.07, 6.45) is 2.17. The maximum absolute atomic E-state index is 9.25. The van der Waals surface area contributed by atoms with E-state index in [0.29, 0.717) is 24.1 Å². The first-order valence-electron chi connectivity index (χ1n) is 6.49. The number of pyridine rings is 1. The summed E-state index contributed by atoms with van der Waals surface area (Å²) in [7, 11) is 0. The third-order valence-electron chi connectivity index (χ3n) is 3.26. The Hall–Kier alpha value is -1.49. The van der Waals surface area contributed by atoms with Crippen molar-refractivity contribution in [1.82, 2.24) is 4.98 Å². The second kappa shape index (κ2) is 5.91. The highest BCUT2D eigenvalue weighted by Gasteiger charge is 2.20.